The maximum atomic E-state index is 12.5. The molecule has 3 aromatic rings. The average molecular weight is 405 g/mol. The van der Waals surface area contributed by atoms with Gasteiger partial charge in [-0.15, -0.1) is 10.2 Å². The second-order valence-electron chi connectivity index (χ2n) is 8.52. The SMILES string of the molecule is CCC[C@]1(C)CCCC/C(=C/c2cnc(-c3c[nH]c(-n4ccnc4)cc3=O)nn2)C1. The van der Waals surface area contributed by atoms with E-state index in [1.807, 2.05) is 0 Å². The van der Waals surface area contributed by atoms with Gasteiger partial charge in [0.05, 0.1) is 11.8 Å². The Morgan fingerprint density at radius 1 is 1.30 bits per heavy atom. The summed E-state index contributed by atoms with van der Waals surface area (Å²) in [5.41, 5.74) is 2.79. The van der Waals surface area contributed by atoms with E-state index < -0.39 is 0 Å². The zero-order valence-electron chi connectivity index (χ0n) is 17.6. The number of rotatable bonds is 5. The van der Waals surface area contributed by atoms with Gasteiger partial charge in [0.1, 0.15) is 17.8 Å². The Bertz CT molecular complexity index is 1070. The molecule has 1 saturated carbocycles. The average Bonchev–Trinajstić information content (AvgIpc) is 3.21. The molecule has 30 heavy (non-hydrogen) atoms. The molecular weight excluding hydrogens is 376 g/mol. The van der Waals surface area contributed by atoms with Crippen LogP contribution in [0.4, 0.5) is 0 Å². The Labute approximate surface area is 176 Å². The number of aromatic nitrogens is 6. The molecule has 7 nitrogen and oxygen atoms in total. The van der Waals surface area contributed by atoms with Crippen molar-refractivity contribution in [1.29, 1.82) is 0 Å². The Kier molecular flexibility index (Phi) is 5.88. The van der Waals surface area contributed by atoms with E-state index in [2.05, 4.69) is 45.1 Å². The van der Waals surface area contributed by atoms with Crippen LogP contribution in [0.25, 0.3) is 23.3 Å². The van der Waals surface area contributed by atoms with Gasteiger partial charge in [-0.05, 0) is 43.6 Å². The van der Waals surface area contributed by atoms with Crippen molar-refractivity contribution < 1.29 is 0 Å². The molecule has 1 aliphatic carbocycles. The highest BCUT2D eigenvalue weighted by Gasteiger charge is 2.26. The first kappa shape index (κ1) is 20.2. The number of allylic oxidation sites excluding steroid dienone is 1. The number of imidazole rings is 1. The van der Waals surface area contributed by atoms with Gasteiger partial charge >= 0.3 is 0 Å². The Morgan fingerprint density at radius 2 is 2.20 bits per heavy atom. The summed E-state index contributed by atoms with van der Waals surface area (Å²) in [5, 5.41) is 8.55. The lowest BCUT2D eigenvalue weighted by Crippen LogP contribution is -2.15. The molecule has 1 N–H and O–H groups in total. The number of nitrogens with zero attached hydrogens (tertiary/aromatic N) is 5. The molecule has 1 atom stereocenters. The minimum Gasteiger partial charge on any atom is -0.347 e. The fourth-order valence-electron chi connectivity index (χ4n) is 4.44. The molecule has 0 amide bonds. The fourth-order valence-corrected chi connectivity index (χ4v) is 4.44. The van der Waals surface area contributed by atoms with E-state index in [0.29, 0.717) is 22.6 Å². The van der Waals surface area contributed by atoms with E-state index in [9.17, 15) is 4.79 Å². The summed E-state index contributed by atoms with van der Waals surface area (Å²) in [5.74, 6) is 0.964. The first-order valence-electron chi connectivity index (χ1n) is 10.7. The van der Waals surface area contributed by atoms with Crippen molar-refractivity contribution in [2.45, 2.75) is 58.8 Å². The second-order valence-corrected chi connectivity index (χ2v) is 8.52. The quantitative estimate of drug-likeness (QED) is 0.629. The zero-order valence-corrected chi connectivity index (χ0v) is 17.6. The van der Waals surface area contributed by atoms with Gasteiger partial charge in [-0.1, -0.05) is 32.3 Å². The van der Waals surface area contributed by atoms with Gasteiger partial charge in [0, 0.05) is 24.7 Å². The van der Waals surface area contributed by atoms with Crippen molar-refractivity contribution in [1.82, 2.24) is 29.7 Å². The van der Waals surface area contributed by atoms with Crippen LogP contribution in [0.2, 0.25) is 0 Å². The number of nitrogens with one attached hydrogen (secondary N) is 1. The van der Waals surface area contributed by atoms with Gasteiger partial charge in [-0.2, -0.15) is 0 Å². The number of hydrogen-bond acceptors (Lipinski definition) is 5. The smallest absolute Gasteiger partial charge is 0.194 e. The summed E-state index contributed by atoms with van der Waals surface area (Å²) >= 11 is 0. The summed E-state index contributed by atoms with van der Waals surface area (Å²) in [6, 6.07) is 1.51. The molecule has 4 rings (SSSR count). The van der Waals surface area contributed by atoms with E-state index in [1.54, 1.807) is 35.7 Å². The van der Waals surface area contributed by atoms with Crippen molar-refractivity contribution in [3.05, 3.63) is 58.7 Å². The number of H-pyrrole nitrogens is 1. The third-order valence-electron chi connectivity index (χ3n) is 5.89. The van der Waals surface area contributed by atoms with E-state index in [0.717, 1.165) is 18.5 Å². The summed E-state index contributed by atoms with van der Waals surface area (Å²) in [6.45, 7) is 4.67. The summed E-state index contributed by atoms with van der Waals surface area (Å²) < 4.78 is 1.73. The first-order valence-corrected chi connectivity index (χ1v) is 10.7. The van der Waals surface area contributed by atoms with Crippen LogP contribution in [0.5, 0.6) is 0 Å². The normalized spacial score (nSPS) is 20.9. The molecule has 156 valence electrons. The lowest BCUT2D eigenvalue weighted by Gasteiger charge is -2.28. The molecule has 1 aliphatic rings. The Balaban J connectivity index is 1.54. The lowest BCUT2D eigenvalue weighted by molar-refractivity contribution is 0.270. The van der Waals surface area contributed by atoms with E-state index >= 15 is 0 Å². The largest absolute Gasteiger partial charge is 0.347 e. The maximum Gasteiger partial charge on any atom is 0.194 e. The van der Waals surface area contributed by atoms with Crippen molar-refractivity contribution in [2.24, 2.45) is 5.41 Å². The fraction of sp³-hybridized carbons (Fsp3) is 0.435. The standard InChI is InChI=1S/C23H28N6O/c1-3-7-23(2)8-5-4-6-17(13-23)11-18-14-26-22(28-27-18)19-15-25-21(12-20(19)30)29-10-9-24-16-29/h9-12,14-16H,3-8,13H2,1-2H3,(H,25,30)/b17-11-/t23-/m1/s1. The Morgan fingerprint density at radius 3 is 2.90 bits per heavy atom. The van der Waals surface area contributed by atoms with Crippen molar-refractivity contribution in [3.8, 4) is 17.2 Å². The molecule has 0 unspecified atom stereocenters. The molecule has 0 radical (unpaired) electrons. The van der Waals surface area contributed by atoms with Gasteiger partial charge in [0.2, 0.25) is 0 Å². The Hall–Kier alpha value is -3.09. The molecule has 0 aliphatic heterocycles. The van der Waals surface area contributed by atoms with Gasteiger partial charge in [-0.25, -0.2) is 9.97 Å². The van der Waals surface area contributed by atoms with E-state index in [-0.39, 0.29) is 5.43 Å². The first-order chi connectivity index (χ1) is 14.6. The van der Waals surface area contributed by atoms with E-state index in [1.165, 1.54) is 43.7 Å². The van der Waals surface area contributed by atoms with Gasteiger partial charge in [0.25, 0.3) is 0 Å². The van der Waals surface area contributed by atoms with Crippen LogP contribution in [0, 0.1) is 5.41 Å². The maximum absolute atomic E-state index is 12.5. The van der Waals surface area contributed by atoms with Crippen LogP contribution in [-0.4, -0.2) is 29.7 Å². The summed E-state index contributed by atoms with van der Waals surface area (Å²) in [7, 11) is 0. The van der Waals surface area contributed by atoms with Gasteiger partial charge in [0.15, 0.2) is 11.3 Å². The summed E-state index contributed by atoms with van der Waals surface area (Å²) in [4.78, 5) is 24.0. The number of pyridine rings is 1. The molecule has 0 saturated heterocycles. The minimum absolute atomic E-state index is 0.163. The molecule has 7 heteroatoms. The van der Waals surface area contributed by atoms with Crippen LogP contribution in [-0.2, 0) is 0 Å². The van der Waals surface area contributed by atoms with E-state index in [4.69, 9.17) is 0 Å². The number of hydrogen-bond donors (Lipinski definition) is 1. The van der Waals surface area contributed by atoms with Crippen LogP contribution in [0.1, 0.15) is 64.5 Å². The molecule has 3 aromatic heterocycles. The second kappa shape index (κ2) is 8.73. The van der Waals surface area contributed by atoms with Crippen LogP contribution in [0.15, 0.2) is 47.5 Å². The van der Waals surface area contributed by atoms with Crippen molar-refractivity contribution >= 4 is 6.08 Å². The predicted octanol–water partition coefficient (Wildman–Crippen LogP) is 4.57. The van der Waals surface area contributed by atoms with Crippen LogP contribution < -0.4 is 5.43 Å². The molecule has 0 spiro atoms. The topological polar surface area (TPSA) is 89.4 Å². The highest BCUT2D eigenvalue weighted by molar-refractivity contribution is 5.55. The van der Waals surface area contributed by atoms with Crippen molar-refractivity contribution in [2.75, 3.05) is 0 Å². The molecular formula is C23H28N6O. The highest BCUT2D eigenvalue weighted by atomic mass is 16.1. The van der Waals surface area contributed by atoms with Crippen LogP contribution >= 0.6 is 0 Å². The molecule has 1 fully saturated rings. The molecule has 0 aromatic carbocycles. The lowest BCUT2D eigenvalue weighted by atomic mass is 9.77. The van der Waals surface area contributed by atoms with Gasteiger partial charge < -0.3 is 4.98 Å². The third-order valence-corrected chi connectivity index (χ3v) is 5.89. The highest BCUT2D eigenvalue weighted by Crippen LogP contribution is 2.41. The predicted molar refractivity (Wildman–Crippen MR) is 117 cm³/mol. The number of aromatic amines is 1. The third kappa shape index (κ3) is 4.56. The zero-order chi connectivity index (χ0) is 21.0. The van der Waals surface area contributed by atoms with Crippen molar-refractivity contribution in [3.63, 3.8) is 0 Å². The minimum atomic E-state index is -0.163. The molecule has 0 bridgehead atoms. The molecule has 3 heterocycles. The summed E-state index contributed by atoms with van der Waals surface area (Å²) in [6.07, 6.45) is 19.0. The van der Waals surface area contributed by atoms with Gasteiger partial charge in [-0.3, -0.25) is 9.36 Å². The van der Waals surface area contributed by atoms with Crippen LogP contribution in [0.3, 0.4) is 0 Å². The monoisotopic (exact) mass is 404 g/mol.